The minimum absolute atomic E-state index is 0.289. The zero-order chi connectivity index (χ0) is 11.5. The number of hydrogen-bond acceptors (Lipinski definition) is 3. The molecule has 3 heteroatoms. The Balaban J connectivity index is 2.61. The Bertz CT molecular complexity index is 443. The van der Waals surface area contributed by atoms with Crippen molar-refractivity contribution in [2.75, 3.05) is 12.5 Å². The largest absolute Gasteiger partial charge is 0.294 e. The van der Waals surface area contributed by atoms with Crippen LogP contribution < -0.4 is 0 Å². The summed E-state index contributed by atoms with van der Waals surface area (Å²) in [7, 11) is 0. The first-order valence-corrected chi connectivity index (χ1v) is 7.66. The molecule has 0 heterocycles. The SMILES string of the molecule is CSC(SC)=C1C(=O)CCc2ccccc21. The zero-order valence-electron chi connectivity index (χ0n) is 9.45. The van der Waals surface area contributed by atoms with Crippen molar-refractivity contribution in [2.45, 2.75) is 12.8 Å². The van der Waals surface area contributed by atoms with Gasteiger partial charge in [0, 0.05) is 12.0 Å². The molecule has 0 saturated carbocycles. The van der Waals surface area contributed by atoms with Crippen LogP contribution in [0.4, 0.5) is 0 Å². The first-order chi connectivity index (χ1) is 7.77. The smallest absolute Gasteiger partial charge is 0.165 e. The Morgan fingerprint density at radius 3 is 2.50 bits per heavy atom. The fraction of sp³-hybridized carbons (Fsp3) is 0.308. The molecule has 0 amide bonds. The Kier molecular flexibility index (Phi) is 3.77. The molecule has 1 nitrogen and oxygen atoms in total. The second-order valence-electron chi connectivity index (χ2n) is 3.65. The van der Waals surface area contributed by atoms with Crippen molar-refractivity contribution in [1.29, 1.82) is 0 Å². The van der Waals surface area contributed by atoms with Crippen molar-refractivity contribution in [2.24, 2.45) is 0 Å². The van der Waals surface area contributed by atoms with Gasteiger partial charge in [-0.2, -0.15) is 0 Å². The molecule has 0 N–H and O–H groups in total. The quantitative estimate of drug-likeness (QED) is 0.747. The lowest BCUT2D eigenvalue weighted by molar-refractivity contribution is -0.113. The fourth-order valence-electron chi connectivity index (χ4n) is 2.02. The first-order valence-electron chi connectivity index (χ1n) is 5.21. The summed E-state index contributed by atoms with van der Waals surface area (Å²) in [5.41, 5.74) is 3.37. The monoisotopic (exact) mass is 250 g/mol. The van der Waals surface area contributed by atoms with E-state index < -0.39 is 0 Å². The lowest BCUT2D eigenvalue weighted by atomic mass is 9.87. The molecule has 0 aromatic heterocycles. The normalized spacial score (nSPS) is 14.9. The van der Waals surface area contributed by atoms with E-state index in [0.29, 0.717) is 6.42 Å². The van der Waals surface area contributed by atoms with Gasteiger partial charge in [-0.05, 0) is 30.1 Å². The Morgan fingerprint density at radius 1 is 1.12 bits per heavy atom. The predicted molar refractivity (Wildman–Crippen MR) is 73.7 cm³/mol. The van der Waals surface area contributed by atoms with E-state index in [4.69, 9.17) is 0 Å². The van der Waals surface area contributed by atoms with E-state index in [9.17, 15) is 4.79 Å². The van der Waals surface area contributed by atoms with Crippen LogP contribution in [0.1, 0.15) is 17.5 Å². The maximum Gasteiger partial charge on any atom is 0.165 e. The molecule has 0 spiro atoms. The van der Waals surface area contributed by atoms with Gasteiger partial charge in [0.2, 0.25) is 0 Å². The van der Waals surface area contributed by atoms with E-state index in [1.165, 1.54) is 5.56 Å². The molecule has 0 unspecified atom stereocenters. The third kappa shape index (κ3) is 2.06. The minimum atomic E-state index is 0.289. The van der Waals surface area contributed by atoms with Gasteiger partial charge in [-0.25, -0.2) is 0 Å². The van der Waals surface area contributed by atoms with E-state index in [2.05, 4.69) is 12.1 Å². The minimum Gasteiger partial charge on any atom is -0.294 e. The highest BCUT2D eigenvalue weighted by atomic mass is 32.2. The summed E-state index contributed by atoms with van der Waals surface area (Å²) in [5, 5.41) is 0. The van der Waals surface area contributed by atoms with Crippen LogP contribution in [-0.4, -0.2) is 18.3 Å². The third-order valence-corrected chi connectivity index (χ3v) is 4.91. The molecule has 0 bridgehead atoms. The number of aryl methyl sites for hydroxylation is 1. The summed E-state index contributed by atoms with van der Waals surface area (Å²) in [4.78, 5) is 12.0. The molecular formula is C13H14OS2. The average molecular weight is 250 g/mol. The first kappa shape index (κ1) is 11.8. The van der Waals surface area contributed by atoms with Gasteiger partial charge in [0.15, 0.2) is 5.78 Å². The van der Waals surface area contributed by atoms with E-state index in [-0.39, 0.29) is 5.78 Å². The standard InChI is InChI=1S/C13H14OS2/c1-15-13(16-2)12-10-6-4-3-5-9(10)7-8-11(12)14/h3-6H,7-8H2,1-2H3. The number of thioether (sulfide) groups is 2. The van der Waals surface area contributed by atoms with Crippen molar-refractivity contribution in [3.8, 4) is 0 Å². The van der Waals surface area contributed by atoms with Gasteiger partial charge in [-0.1, -0.05) is 24.3 Å². The van der Waals surface area contributed by atoms with E-state index >= 15 is 0 Å². The van der Waals surface area contributed by atoms with Crippen molar-refractivity contribution >= 4 is 34.9 Å². The van der Waals surface area contributed by atoms with Crippen LogP contribution in [0.25, 0.3) is 5.57 Å². The van der Waals surface area contributed by atoms with Gasteiger partial charge in [0.05, 0.1) is 4.24 Å². The van der Waals surface area contributed by atoms with Crippen molar-refractivity contribution < 1.29 is 4.79 Å². The summed E-state index contributed by atoms with van der Waals surface area (Å²) in [6.45, 7) is 0. The van der Waals surface area contributed by atoms with Gasteiger partial charge >= 0.3 is 0 Å². The molecular weight excluding hydrogens is 236 g/mol. The molecule has 1 aliphatic carbocycles. The summed E-state index contributed by atoms with van der Waals surface area (Å²) in [6, 6.07) is 8.24. The highest BCUT2D eigenvalue weighted by Gasteiger charge is 2.23. The van der Waals surface area contributed by atoms with Crippen molar-refractivity contribution in [3.63, 3.8) is 0 Å². The molecule has 1 aliphatic rings. The fourth-order valence-corrected chi connectivity index (χ4v) is 3.54. The Labute approximate surface area is 105 Å². The maximum absolute atomic E-state index is 12.0. The number of rotatable bonds is 2. The highest BCUT2D eigenvalue weighted by molar-refractivity contribution is 8.22. The summed E-state index contributed by atoms with van der Waals surface area (Å²) >= 11 is 3.33. The highest BCUT2D eigenvalue weighted by Crippen LogP contribution is 2.38. The van der Waals surface area contributed by atoms with Crippen LogP contribution in [-0.2, 0) is 11.2 Å². The van der Waals surface area contributed by atoms with Gasteiger partial charge in [-0.15, -0.1) is 23.5 Å². The molecule has 0 radical (unpaired) electrons. The summed E-state index contributed by atoms with van der Waals surface area (Å²) in [5.74, 6) is 0.289. The van der Waals surface area contributed by atoms with Gasteiger partial charge in [-0.3, -0.25) is 4.79 Å². The Morgan fingerprint density at radius 2 is 1.81 bits per heavy atom. The zero-order valence-corrected chi connectivity index (χ0v) is 11.1. The predicted octanol–water partition coefficient (Wildman–Crippen LogP) is 3.60. The number of carbonyl (C=O) groups is 1. The van der Waals surface area contributed by atoms with Gasteiger partial charge in [0.1, 0.15) is 0 Å². The number of hydrogen-bond donors (Lipinski definition) is 0. The van der Waals surface area contributed by atoms with Crippen molar-refractivity contribution in [3.05, 3.63) is 39.6 Å². The molecule has 2 rings (SSSR count). The third-order valence-electron chi connectivity index (χ3n) is 2.76. The van der Waals surface area contributed by atoms with Gasteiger partial charge < -0.3 is 0 Å². The van der Waals surface area contributed by atoms with Crippen LogP contribution in [0, 0.1) is 0 Å². The molecule has 84 valence electrons. The number of allylic oxidation sites excluding steroid dienone is 1. The number of Topliss-reactive ketones (excluding diaryl/α,β-unsaturated/α-hetero) is 1. The van der Waals surface area contributed by atoms with Crippen LogP contribution in [0.5, 0.6) is 0 Å². The van der Waals surface area contributed by atoms with E-state index in [0.717, 1.165) is 21.8 Å². The second-order valence-corrected chi connectivity index (χ2v) is 5.54. The van der Waals surface area contributed by atoms with Crippen molar-refractivity contribution in [1.82, 2.24) is 0 Å². The molecule has 16 heavy (non-hydrogen) atoms. The van der Waals surface area contributed by atoms with E-state index in [1.54, 1.807) is 23.5 Å². The lowest BCUT2D eigenvalue weighted by Crippen LogP contribution is -2.13. The van der Waals surface area contributed by atoms with Gasteiger partial charge in [0.25, 0.3) is 0 Å². The topological polar surface area (TPSA) is 17.1 Å². The van der Waals surface area contributed by atoms with Crippen LogP contribution >= 0.6 is 23.5 Å². The Hall–Kier alpha value is -0.670. The molecule has 0 saturated heterocycles. The number of carbonyl (C=O) groups excluding carboxylic acids is 1. The van der Waals surface area contributed by atoms with Crippen LogP contribution in [0.2, 0.25) is 0 Å². The number of ketones is 1. The van der Waals surface area contributed by atoms with Crippen LogP contribution in [0.15, 0.2) is 28.5 Å². The molecule has 0 fully saturated rings. The maximum atomic E-state index is 12.0. The average Bonchev–Trinajstić information content (AvgIpc) is 2.33. The number of fused-ring (bicyclic) bond motifs is 1. The second kappa shape index (κ2) is 5.11. The van der Waals surface area contributed by atoms with Crippen LogP contribution in [0.3, 0.4) is 0 Å². The number of benzene rings is 1. The molecule has 0 atom stereocenters. The molecule has 0 aliphatic heterocycles. The summed E-state index contributed by atoms with van der Waals surface area (Å²) < 4.78 is 1.14. The lowest BCUT2D eigenvalue weighted by Gasteiger charge is -2.20. The summed E-state index contributed by atoms with van der Waals surface area (Å²) in [6.07, 6.45) is 5.60. The van der Waals surface area contributed by atoms with E-state index in [1.807, 2.05) is 24.6 Å². The molecule has 1 aromatic rings. The molecule has 1 aromatic carbocycles.